The van der Waals surface area contributed by atoms with E-state index in [1.807, 2.05) is 43.3 Å². The smallest absolute Gasteiger partial charge is 0.243 e. The number of sulfonamides is 1. The summed E-state index contributed by atoms with van der Waals surface area (Å²) in [6.07, 6.45) is 6.13. The van der Waals surface area contributed by atoms with Gasteiger partial charge in [0, 0.05) is 12.0 Å². The van der Waals surface area contributed by atoms with Crippen molar-refractivity contribution in [3.8, 4) is 5.75 Å². The molecule has 0 N–H and O–H groups in total. The average molecular weight is 456 g/mol. The normalized spacial score (nSPS) is 18.8. The number of aryl methyl sites for hydroxylation is 1. The van der Waals surface area contributed by atoms with Crippen LogP contribution in [-0.2, 0) is 10.0 Å². The van der Waals surface area contributed by atoms with Crippen LogP contribution in [0.4, 0.5) is 0 Å². The van der Waals surface area contributed by atoms with Gasteiger partial charge >= 0.3 is 0 Å². The highest BCUT2D eigenvalue weighted by Gasteiger charge is 2.53. The SMILES string of the molecule is C=C1CN(S(=O)(=O)c2ccc(C)cc2)C(c2ccc(OC)cc2)C1(CCCC)CCCC. The minimum absolute atomic E-state index is 0.266. The van der Waals surface area contributed by atoms with Crippen LogP contribution in [-0.4, -0.2) is 26.4 Å². The molecule has 5 heteroatoms. The Morgan fingerprint density at radius 2 is 1.56 bits per heavy atom. The van der Waals surface area contributed by atoms with Crippen molar-refractivity contribution in [3.05, 3.63) is 71.8 Å². The number of ether oxygens (including phenoxy) is 1. The Hall–Kier alpha value is -2.11. The fraction of sp³-hybridized carbons (Fsp3) is 0.481. The van der Waals surface area contributed by atoms with Crippen LogP contribution >= 0.6 is 0 Å². The van der Waals surface area contributed by atoms with E-state index in [0.29, 0.717) is 11.4 Å². The molecule has 32 heavy (non-hydrogen) atoms. The van der Waals surface area contributed by atoms with Gasteiger partial charge in [0.1, 0.15) is 5.75 Å². The molecule has 4 nitrogen and oxygen atoms in total. The van der Waals surface area contributed by atoms with E-state index < -0.39 is 10.0 Å². The largest absolute Gasteiger partial charge is 0.497 e. The van der Waals surface area contributed by atoms with Crippen LogP contribution < -0.4 is 4.74 Å². The Balaban J connectivity index is 2.16. The minimum Gasteiger partial charge on any atom is -0.497 e. The van der Waals surface area contributed by atoms with E-state index in [0.717, 1.165) is 61.0 Å². The van der Waals surface area contributed by atoms with Crippen LogP contribution in [0.1, 0.15) is 69.5 Å². The summed E-state index contributed by atoms with van der Waals surface area (Å²) in [6, 6.07) is 14.8. The van der Waals surface area contributed by atoms with Gasteiger partial charge in [0.15, 0.2) is 0 Å². The quantitative estimate of drug-likeness (QED) is 0.376. The van der Waals surface area contributed by atoms with Gasteiger partial charge in [-0.3, -0.25) is 0 Å². The van der Waals surface area contributed by atoms with Crippen molar-refractivity contribution in [1.82, 2.24) is 4.31 Å². The van der Waals surface area contributed by atoms with Crippen LogP contribution in [0.2, 0.25) is 0 Å². The monoisotopic (exact) mass is 455 g/mol. The van der Waals surface area contributed by atoms with E-state index in [9.17, 15) is 8.42 Å². The van der Waals surface area contributed by atoms with Crippen molar-refractivity contribution >= 4 is 10.0 Å². The van der Waals surface area contributed by atoms with E-state index >= 15 is 0 Å². The number of methoxy groups -OCH3 is 1. The fourth-order valence-corrected chi connectivity index (χ4v) is 6.66. The van der Waals surface area contributed by atoms with Gasteiger partial charge in [0.25, 0.3) is 0 Å². The lowest BCUT2D eigenvalue weighted by molar-refractivity contribution is 0.196. The summed E-state index contributed by atoms with van der Waals surface area (Å²) in [6.45, 7) is 11.2. The molecule has 2 aromatic carbocycles. The molecular weight excluding hydrogens is 418 g/mol. The summed E-state index contributed by atoms with van der Waals surface area (Å²) in [5, 5.41) is 0. The summed E-state index contributed by atoms with van der Waals surface area (Å²) < 4.78 is 34.8. The number of hydrogen-bond acceptors (Lipinski definition) is 3. The van der Waals surface area contributed by atoms with Crippen molar-refractivity contribution in [2.24, 2.45) is 5.41 Å². The van der Waals surface area contributed by atoms with E-state index in [2.05, 4.69) is 20.4 Å². The number of rotatable bonds is 10. The molecule has 3 rings (SSSR count). The van der Waals surface area contributed by atoms with Crippen molar-refractivity contribution in [3.63, 3.8) is 0 Å². The number of nitrogens with zero attached hydrogens (tertiary/aromatic N) is 1. The van der Waals surface area contributed by atoms with E-state index in [1.54, 1.807) is 23.5 Å². The molecule has 2 aromatic rings. The highest BCUT2D eigenvalue weighted by molar-refractivity contribution is 7.89. The maximum Gasteiger partial charge on any atom is 0.243 e. The topological polar surface area (TPSA) is 46.6 Å². The number of benzene rings is 2. The first-order chi connectivity index (χ1) is 15.3. The molecule has 0 spiro atoms. The number of unbranched alkanes of at least 4 members (excludes halogenated alkanes) is 2. The lowest BCUT2D eigenvalue weighted by Crippen LogP contribution is -2.36. The first kappa shape index (κ1) is 24.5. The summed E-state index contributed by atoms with van der Waals surface area (Å²) in [4.78, 5) is 0.344. The average Bonchev–Trinajstić information content (AvgIpc) is 3.09. The standard InChI is InChI=1S/C27H37NO3S/c1-6-8-18-27(19-9-7-2)22(4)20-28(26(27)23-12-14-24(31-5)15-13-23)32(29,30)25-16-10-21(3)11-17-25/h10-17,26H,4,6-9,18-20H2,1-3,5H3. The molecule has 0 aliphatic carbocycles. The predicted octanol–water partition coefficient (Wildman–Crippen LogP) is 6.67. The van der Waals surface area contributed by atoms with Crippen LogP contribution in [0, 0.1) is 12.3 Å². The van der Waals surface area contributed by atoms with Gasteiger partial charge in [-0.15, -0.1) is 0 Å². The molecule has 1 unspecified atom stereocenters. The molecule has 0 bridgehead atoms. The van der Waals surface area contributed by atoms with Crippen molar-refractivity contribution in [2.45, 2.75) is 70.2 Å². The molecule has 0 radical (unpaired) electrons. The minimum atomic E-state index is -3.68. The third kappa shape index (κ3) is 4.65. The first-order valence-electron chi connectivity index (χ1n) is 11.7. The lowest BCUT2D eigenvalue weighted by Gasteiger charge is -2.39. The lowest BCUT2D eigenvalue weighted by atomic mass is 9.68. The zero-order valence-corrected chi connectivity index (χ0v) is 20.7. The second-order valence-electron chi connectivity index (χ2n) is 9.01. The molecule has 1 aliphatic rings. The molecule has 0 amide bonds. The maximum atomic E-state index is 13.9. The third-order valence-electron chi connectivity index (χ3n) is 6.87. The van der Waals surface area contributed by atoms with Crippen molar-refractivity contribution in [1.29, 1.82) is 0 Å². The molecule has 1 atom stereocenters. The van der Waals surface area contributed by atoms with E-state index in [1.165, 1.54) is 0 Å². The Labute approximate surface area is 194 Å². The predicted molar refractivity (Wildman–Crippen MR) is 131 cm³/mol. The van der Waals surface area contributed by atoms with Crippen LogP contribution in [0.25, 0.3) is 0 Å². The molecule has 1 fully saturated rings. The first-order valence-corrected chi connectivity index (χ1v) is 13.1. The van der Waals surface area contributed by atoms with Gasteiger partial charge in [-0.05, 0) is 49.6 Å². The van der Waals surface area contributed by atoms with Gasteiger partial charge in [-0.2, -0.15) is 4.31 Å². The van der Waals surface area contributed by atoms with Gasteiger partial charge in [-0.25, -0.2) is 8.42 Å². The second-order valence-corrected chi connectivity index (χ2v) is 10.9. The maximum absolute atomic E-state index is 13.9. The zero-order chi connectivity index (χ0) is 23.4. The Bertz CT molecular complexity index is 1000. The molecule has 1 aliphatic heterocycles. The summed E-state index contributed by atoms with van der Waals surface area (Å²) >= 11 is 0. The molecular formula is C27H37NO3S. The van der Waals surface area contributed by atoms with Crippen LogP contribution in [0.15, 0.2) is 65.6 Å². The summed E-state index contributed by atoms with van der Waals surface area (Å²) in [5.41, 5.74) is 2.82. The molecule has 1 heterocycles. The highest BCUT2D eigenvalue weighted by atomic mass is 32.2. The van der Waals surface area contributed by atoms with Gasteiger partial charge in [-0.1, -0.05) is 81.5 Å². The Morgan fingerprint density at radius 1 is 1.00 bits per heavy atom. The van der Waals surface area contributed by atoms with E-state index in [4.69, 9.17) is 4.74 Å². The third-order valence-corrected chi connectivity index (χ3v) is 8.70. The molecule has 0 aromatic heterocycles. The zero-order valence-electron chi connectivity index (χ0n) is 19.9. The van der Waals surface area contributed by atoms with Gasteiger partial charge in [0.2, 0.25) is 10.0 Å². The Morgan fingerprint density at radius 3 is 2.06 bits per heavy atom. The van der Waals surface area contributed by atoms with E-state index in [-0.39, 0.29) is 11.5 Å². The second kappa shape index (κ2) is 10.2. The van der Waals surface area contributed by atoms with Crippen LogP contribution in [0.3, 0.4) is 0 Å². The summed E-state index contributed by atoms with van der Waals surface area (Å²) in [5.74, 6) is 0.770. The summed E-state index contributed by atoms with van der Waals surface area (Å²) in [7, 11) is -2.04. The van der Waals surface area contributed by atoms with Gasteiger partial charge < -0.3 is 4.74 Å². The highest BCUT2D eigenvalue weighted by Crippen LogP contribution is 2.57. The van der Waals surface area contributed by atoms with Crippen molar-refractivity contribution < 1.29 is 13.2 Å². The molecule has 1 saturated heterocycles. The Kier molecular flexibility index (Phi) is 7.84. The van der Waals surface area contributed by atoms with Crippen LogP contribution in [0.5, 0.6) is 5.75 Å². The molecule has 0 saturated carbocycles. The molecule has 174 valence electrons. The fourth-order valence-electron chi connectivity index (χ4n) is 4.98. The number of hydrogen-bond donors (Lipinski definition) is 0. The van der Waals surface area contributed by atoms with Gasteiger partial charge in [0.05, 0.1) is 18.0 Å². The van der Waals surface area contributed by atoms with Crippen molar-refractivity contribution in [2.75, 3.05) is 13.7 Å².